The molecule has 76 valence electrons. The molecule has 4 heteroatoms. The number of rotatable bonds is 2. The minimum absolute atomic E-state index is 0.283. The molecule has 0 saturated heterocycles. The Bertz CT molecular complexity index is 456. The average Bonchev–Trinajstić information content (AvgIpc) is 2.25. The van der Waals surface area contributed by atoms with Crippen LogP contribution in [0.4, 0.5) is 0 Å². The van der Waals surface area contributed by atoms with Gasteiger partial charge in [0.2, 0.25) is 5.28 Å². The topological polar surface area (TPSA) is 25.8 Å². The van der Waals surface area contributed by atoms with Crippen LogP contribution in [0.5, 0.6) is 0 Å². The molecule has 0 bridgehead atoms. The largest absolute Gasteiger partial charge is 0.226 e. The van der Waals surface area contributed by atoms with Crippen molar-refractivity contribution in [2.24, 2.45) is 0 Å². The van der Waals surface area contributed by atoms with Crippen LogP contribution in [0.3, 0.4) is 0 Å². The molecule has 2 nitrogen and oxygen atoms in total. The van der Waals surface area contributed by atoms with E-state index in [2.05, 4.69) is 32.0 Å². The van der Waals surface area contributed by atoms with Crippen molar-refractivity contribution >= 4 is 27.5 Å². The van der Waals surface area contributed by atoms with E-state index in [0.717, 1.165) is 16.5 Å². The van der Waals surface area contributed by atoms with Crippen molar-refractivity contribution in [1.82, 2.24) is 9.97 Å². The summed E-state index contributed by atoms with van der Waals surface area (Å²) >= 11 is 9.12. The van der Waals surface area contributed by atoms with E-state index in [1.54, 1.807) is 12.4 Å². The zero-order valence-electron chi connectivity index (χ0n) is 7.82. The maximum absolute atomic E-state index is 5.61. The summed E-state index contributed by atoms with van der Waals surface area (Å²) < 4.78 is 1.10. The highest BCUT2D eigenvalue weighted by molar-refractivity contribution is 9.10. The van der Waals surface area contributed by atoms with Gasteiger partial charge in [0.1, 0.15) is 0 Å². The fourth-order valence-electron chi connectivity index (χ4n) is 1.29. The third-order valence-electron chi connectivity index (χ3n) is 2.03. The Hall–Kier alpha value is -0.930. The molecular weight excluding hydrogens is 275 g/mol. The van der Waals surface area contributed by atoms with E-state index in [1.807, 2.05) is 18.2 Å². The minimum atomic E-state index is 0.283. The molecule has 1 aromatic carbocycles. The molecule has 2 aromatic rings. The molecule has 1 heterocycles. The predicted octanol–water partition coefficient (Wildman–Crippen LogP) is 3.48. The number of hydrogen-bond acceptors (Lipinski definition) is 2. The molecule has 15 heavy (non-hydrogen) atoms. The van der Waals surface area contributed by atoms with Crippen molar-refractivity contribution in [2.45, 2.75) is 6.42 Å². The maximum atomic E-state index is 5.61. The van der Waals surface area contributed by atoms with Crippen LogP contribution in [0.1, 0.15) is 11.1 Å². The molecule has 0 saturated carbocycles. The van der Waals surface area contributed by atoms with Gasteiger partial charge in [-0.25, -0.2) is 9.97 Å². The second kappa shape index (κ2) is 4.73. The summed E-state index contributed by atoms with van der Waals surface area (Å²) in [5, 5.41) is 0.283. The molecule has 0 aliphatic heterocycles. The van der Waals surface area contributed by atoms with E-state index in [1.165, 1.54) is 5.56 Å². The Labute approximate surface area is 101 Å². The minimum Gasteiger partial charge on any atom is -0.226 e. The van der Waals surface area contributed by atoms with Crippen LogP contribution in [0, 0.1) is 0 Å². The normalized spacial score (nSPS) is 10.3. The van der Waals surface area contributed by atoms with E-state index in [4.69, 9.17) is 11.6 Å². The van der Waals surface area contributed by atoms with E-state index < -0.39 is 0 Å². The van der Waals surface area contributed by atoms with Crippen LogP contribution in [0.15, 0.2) is 41.1 Å². The lowest BCUT2D eigenvalue weighted by atomic mass is 10.1. The van der Waals surface area contributed by atoms with Crippen molar-refractivity contribution in [1.29, 1.82) is 0 Å². The molecule has 0 fully saturated rings. The molecule has 0 amide bonds. The SMILES string of the molecule is Clc1ncc(Cc2ccccc2Br)cn1. The number of hydrogen-bond donors (Lipinski definition) is 0. The van der Waals surface area contributed by atoms with Gasteiger partial charge in [-0.05, 0) is 28.8 Å². The summed E-state index contributed by atoms with van der Waals surface area (Å²) in [4.78, 5) is 7.89. The molecule has 2 rings (SSSR count). The second-order valence-corrected chi connectivity index (χ2v) is 4.32. The third-order valence-corrected chi connectivity index (χ3v) is 3.00. The van der Waals surface area contributed by atoms with Crippen molar-refractivity contribution in [3.63, 3.8) is 0 Å². The lowest BCUT2D eigenvalue weighted by molar-refractivity contribution is 1.07. The summed E-state index contributed by atoms with van der Waals surface area (Å²) in [5.41, 5.74) is 2.26. The fourth-order valence-corrected chi connectivity index (χ4v) is 1.81. The molecular formula is C11H8BrClN2. The Balaban J connectivity index is 2.22. The second-order valence-electron chi connectivity index (χ2n) is 3.13. The van der Waals surface area contributed by atoms with Crippen molar-refractivity contribution < 1.29 is 0 Å². The first kappa shape index (κ1) is 10.6. The smallest absolute Gasteiger partial charge is 0.222 e. The Kier molecular flexibility index (Phi) is 3.34. The number of aromatic nitrogens is 2. The van der Waals surface area contributed by atoms with Gasteiger partial charge in [-0.3, -0.25) is 0 Å². The van der Waals surface area contributed by atoms with Gasteiger partial charge in [-0.1, -0.05) is 34.1 Å². The first-order valence-corrected chi connectivity index (χ1v) is 5.62. The summed E-state index contributed by atoms with van der Waals surface area (Å²) in [6.07, 6.45) is 4.29. The van der Waals surface area contributed by atoms with Crippen molar-refractivity contribution in [2.75, 3.05) is 0 Å². The molecule has 1 aromatic heterocycles. The summed E-state index contributed by atoms with van der Waals surface area (Å²) in [6.45, 7) is 0. The lowest BCUT2D eigenvalue weighted by Gasteiger charge is -2.03. The summed E-state index contributed by atoms with van der Waals surface area (Å²) in [6, 6.07) is 8.09. The zero-order chi connectivity index (χ0) is 10.7. The number of nitrogens with zero attached hydrogens (tertiary/aromatic N) is 2. The van der Waals surface area contributed by atoms with Gasteiger partial charge in [0.25, 0.3) is 0 Å². The average molecular weight is 284 g/mol. The van der Waals surface area contributed by atoms with Crippen LogP contribution in [-0.4, -0.2) is 9.97 Å². The van der Waals surface area contributed by atoms with Crippen LogP contribution < -0.4 is 0 Å². The van der Waals surface area contributed by atoms with Crippen molar-refractivity contribution in [3.8, 4) is 0 Å². The van der Waals surface area contributed by atoms with Gasteiger partial charge in [0.15, 0.2) is 0 Å². The monoisotopic (exact) mass is 282 g/mol. The quantitative estimate of drug-likeness (QED) is 0.789. The van der Waals surface area contributed by atoms with E-state index >= 15 is 0 Å². The third kappa shape index (κ3) is 2.76. The molecule has 0 N–H and O–H groups in total. The molecule has 0 aliphatic carbocycles. The van der Waals surface area contributed by atoms with Gasteiger partial charge in [-0.2, -0.15) is 0 Å². The highest BCUT2D eigenvalue weighted by Gasteiger charge is 2.01. The number of halogens is 2. The van der Waals surface area contributed by atoms with Crippen LogP contribution >= 0.6 is 27.5 Å². The molecule has 0 aliphatic rings. The van der Waals surface area contributed by atoms with Gasteiger partial charge in [0.05, 0.1) is 0 Å². The van der Waals surface area contributed by atoms with E-state index in [9.17, 15) is 0 Å². The highest BCUT2D eigenvalue weighted by Crippen LogP contribution is 2.19. The summed E-state index contributed by atoms with van der Waals surface area (Å²) in [5.74, 6) is 0. The first-order chi connectivity index (χ1) is 7.25. The van der Waals surface area contributed by atoms with E-state index in [-0.39, 0.29) is 5.28 Å². The highest BCUT2D eigenvalue weighted by atomic mass is 79.9. The standard InChI is InChI=1S/C11H8BrClN2/c12-10-4-2-1-3-9(10)5-8-6-14-11(13)15-7-8/h1-4,6-7H,5H2. The van der Waals surface area contributed by atoms with Crippen LogP contribution in [-0.2, 0) is 6.42 Å². The Morgan fingerprint density at radius 2 is 1.80 bits per heavy atom. The Morgan fingerprint density at radius 3 is 2.47 bits per heavy atom. The predicted molar refractivity (Wildman–Crippen MR) is 64.0 cm³/mol. The van der Waals surface area contributed by atoms with Gasteiger partial charge >= 0.3 is 0 Å². The number of benzene rings is 1. The zero-order valence-corrected chi connectivity index (χ0v) is 10.2. The van der Waals surface area contributed by atoms with Crippen LogP contribution in [0.2, 0.25) is 5.28 Å². The lowest BCUT2D eigenvalue weighted by Crippen LogP contribution is -1.92. The van der Waals surface area contributed by atoms with Gasteiger partial charge in [0, 0.05) is 23.3 Å². The van der Waals surface area contributed by atoms with E-state index in [0.29, 0.717) is 0 Å². The van der Waals surface area contributed by atoms with Gasteiger partial charge in [-0.15, -0.1) is 0 Å². The first-order valence-electron chi connectivity index (χ1n) is 4.45. The molecule has 0 spiro atoms. The molecule has 0 radical (unpaired) electrons. The van der Waals surface area contributed by atoms with Crippen LogP contribution in [0.25, 0.3) is 0 Å². The Morgan fingerprint density at radius 1 is 1.13 bits per heavy atom. The molecule has 0 atom stereocenters. The van der Waals surface area contributed by atoms with Crippen molar-refractivity contribution in [3.05, 3.63) is 57.5 Å². The summed E-state index contributed by atoms with van der Waals surface area (Å²) in [7, 11) is 0. The fraction of sp³-hybridized carbons (Fsp3) is 0.0909. The maximum Gasteiger partial charge on any atom is 0.222 e. The van der Waals surface area contributed by atoms with Gasteiger partial charge < -0.3 is 0 Å². The molecule has 0 unspecified atom stereocenters.